The highest BCUT2D eigenvalue weighted by atomic mass is 15.0. The molecular formula is C51H34N4. The van der Waals surface area contributed by atoms with E-state index in [9.17, 15) is 0 Å². The van der Waals surface area contributed by atoms with Crippen molar-refractivity contribution in [1.29, 1.82) is 0 Å². The minimum Gasteiger partial charge on any atom is -0.263 e. The van der Waals surface area contributed by atoms with Crippen molar-refractivity contribution in [2.45, 2.75) is 6.92 Å². The highest BCUT2D eigenvalue weighted by Crippen LogP contribution is 2.40. The van der Waals surface area contributed by atoms with Crippen molar-refractivity contribution in [3.63, 3.8) is 0 Å². The van der Waals surface area contributed by atoms with Gasteiger partial charge in [-0.1, -0.05) is 152 Å². The Bertz CT molecular complexity index is 3140. The predicted molar refractivity (Wildman–Crippen MR) is 233 cm³/mol. The molecule has 4 nitrogen and oxygen atoms in total. The van der Waals surface area contributed by atoms with Crippen molar-refractivity contribution in [3.05, 3.63) is 175 Å². The Morgan fingerprint density at radius 3 is 1.60 bits per heavy atom. The van der Waals surface area contributed by atoms with E-state index in [0.29, 0.717) is 17.5 Å². The molecule has 10 rings (SSSR count). The van der Waals surface area contributed by atoms with Gasteiger partial charge in [0.15, 0.2) is 17.5 Å². The van der Waals surface area contributed by atoms with Gasteiger partial charge in [0.05, 0.1) is 5.69 Å². The van der Waals surface area contributed by atoms with Gasteiger partial charge in [-0.2, -0.15) is 0 Å². The lowest BCUT2D eigenvalue weighted by Gasteiger charge is -2.14. The first-order chi connectivity index (χ1) is 27.2. The van der Waals surface area contributed by atoms with Gasteiger partial charge >= 0.3 is 0 Å². The number of hydrogen-bond acceptors (Lipinski definition) is 4. The van der Waals surface area contributed by atoms with Gasteiger partial charge in [0.25, 0.3) is 0 Å². The fraction of sp³-hybridized carbons (Fsp3) is 0.0196. The Morgan fingerprint density at radius 1 is 0.418 bits per heavy atom. The van der Waals surface area contributed by atoms with E-state index in [1.807, 2.05) is 55.5 Å². The maximum atomic E-state index is 5.15. The number of fused-ring (bicyclic) bond motifs is 8. The molecule has 0 aliphatic heterocycles. The van der Waals surface area contributed by atoms with Gasteiger partial charge in [0, 0.05) is 27.6 Å². The van der Waals surface area contributed by atoms with E-state index in [0.717, 1.165) is 49.5 Å². The molecule has 0 spiro atoms. The van der Waals surface area contributed by atoms with Crippen molar-refractivity contribution in [1.82, 2.24) is 15.0 Å². The molecule has 0 amide bonds. The first kappa shape index (κ1) is 32.4. The van der Waals surface area contributed by atoms with E-state index in [-0.39, 0.29) is 0 Å². The smallest absolute Gasteiger partial charge is 0.164 e. The third kappa shape index (κ3) is 5.55. The summed E-state index contributed by atoms with van der Waals surface area (Å²) < 4.78 is 0. The van der Waals surface area contributed by atoms with Crippen molar-refractivity contribution in [3.8, 4) is 45.3 Å². The van der Waals surface area contributed by atoms with Crippen molar-refractivity contribution < 1.29 is 0 Å². The predicted octanol–water partition coefficient (Wildman–Crippen LogP) is 13.7. The number of allylic oxidation sites excluding steroid dienone is 1. The molecule has 258 valence electrons. The molecule has 0 bridgehead atoms. The highest BCUT2D eigenvalue weighted by Gasteiger charge is 2.18. The lowest BCUT2D eigenvalue weighted by Crippen LogP contribution is -2.01. The number of aromatic nitrogens is 3. The number of aliphatic imine (C=N–C) groups is 1. The summed E-state index contributed by atoms with van der Waals surface area (Å²) in [6.07, 6.45) is 4.08. The Kier molecular flexibility index (Phi) is 7.81. The van der Waals surface area contributed by atoms with Crippen LogP contribution in [0.15, 0.2) is 175 Å². The van der Waals surface area contributed by atoms with Crippen LogP contribution in [-0.4, -0.2) is 21.7 Å². The summed E-state index contributed by atoms with van der Waals surface area (Å²) in [5.74, 6) is 1.80. The topological polar surface area (TPSA) is 51.0 Å². The summed E-state index contributed by atoms with van der Waals surface area (Å²) >= 11 is 0. The second-order valence-corrected chi connectivity index (χ2v) is 13.9. The van der Waals surface area contributed by atoms with Gasteiger partial charge in [-0.25, -0.2) is 15.0 Å². The molecule has 0 fully saturated rings. The monoisotopic (exact) mass is 702 g/mol. The molecule has 0 atom stereocenters. The van der Waals surface area contributed by atoms with E-state index in [4.69, 9.17) is 15.0 Å². The zero-order valence-electron chi connectivity index (χ0n) is 30.2. The van der Waals surface area contributed by atoms with Gasteiger partial charge in [-0.3, -0.25) is 4.99 Å². The standard InChI is InChI=1S/C51H34N4/c1-3-13-45-47(31-37-16-7-8-17-39(37)48(45)52-2)51-54-49(32-14-5-4-6-15-32)53-50(55-51)38-25-24-33-28-34(22-23-35(33)29-38)36-26-27-44-42-20-10-9-18-40(42)41-19-11-12-21-43(41)46(44)30-36/h3-31H,2H2,1H3/b13-3-. The summed E-state index contributed by atoms with van der Waals surface area (Å²) in [5.41, 5.74) is 6.81. The van der Waals surface area contributed by atoms with Crippen LogP contribution in [0, 0.1) is 0 Å². The number of rotatable bonds is 6. The van der Waals surface area contributed by atoms with Gasteiger partial charge in [-0.05, 0) is 97.5 Å². The maximum Gasteiger partial charge on any atom is 0.164 e. The molecule has 9 aromatic carbocycles. The highest BCUT2D eigenvalue weighted by molar-refractivity contribution is 6.25. The molecule has 4 heteroatoms. The van der Waals surface area contributed by atoms with Crippen LogP contribution in [0.5, 0.6) is 0 Å². The van der Waals surface area contributed by atoms with Crippen LogP contribution < -0.4 is 0 Å². The van der Waals surface area contributed by atoms with Crippen LogP contribution in [0.25, 0.3) is 105 Å². The van der Waals surface area contributed by atoms with E-state index < -0.39 is 0 Å². The Balaban J connectivity index is 1.10. The average molecular weight is 703 g/mol. The largest absolute Gasteiger partial charge is 0.263 e. The van der Waals surface area contributed by atoms with Crippen molar-refractivity contribution in [2.24, 2.45) is 4.99 Å². The normalized spacial score (nSPS) is 11.7. The summed E-state index contributed by atoms with van der Waals surface area (Å²) in [6.45, 7) is 5.95. The van der Waals surface area contributed by atoms with E-state index >= 15 is 0 Å². The van der Waals surface area contributed by atoms with Gasteiger partial charge in [0.1, 0.15) is 0 Å². The fourth-order valence-electron chi connectivity index (χ4n) is 8.03. The van der Waals surface area contributed by atoms with Crippen molar-refractivity contribution >= 4 is 72.3 Å². The van der Waals surface area contributed by atoms with Gasteiger partial charge in [-0.15, -0.1) is 0 Å². The average Bonchev–Trinajstić information content (AvgIpc) is 3.26. The second kappa shape index (κ2) is 13.3. The molecule has 0 saturated heterocycles. The third-order valence-corrected chi connectivity index (χ3v) is 10.6. The Morgan fingerprint density at radius 2 is 0.927 bits per heavy atom. The molecule has 0 unspecified atom stereocenters. The second-order valence-electron chi connectivity index (χ2n) is 13.9. The number of benzene rings is 9. The van der Waals surface area contributed by atoms with Crippen LogP contribution in [0.2, 0.25) is 0 Å². The maximum absolute atomic E-state index is 5.15. The first-order valence-electron chi connectivity index (χ1n) is 18.5. The lowest BCUT2D eigenvalue weighted by molar-refractivity contribution is 1.07. The SMILES string of the molecule is C=Nc1c(/C=C\C)c(-c2nc(-c3ccccc3)nc(-c3ccc4cc(-c5ccc6c7ccccc7c7ccccc7c6c5)ccc4c3)n2)cc2ccccc12. The molecule has 0 aliphatic carbocycles. The molecule has 10 aromatic rings. The molecule has 0 N–H and O–H groups in total. The minimum atomic E-state index is 0.583. The fourth-order valence-corrected chi connectivity index (χ4v) is 8.03. The molecule has 0 aliphatic rings. The van der Waals surface area contributed by atoms with Crippen LogP contribution in [0.4, 0.5) is 5.69 Å². The molecule has 0 saturated carbocycles. The zero-order chi connectivity index (χ0) is 36.9. The van der Waals surface area contributed by atoms with E-state index in [2.05, 4.69) is 139 Å². The number of hydrogen-bond donors (Lipinski definition) is 0. The van der Waals surface area contributed by atoms with Crippen LogP contribution in [0.3, 0.4) is 0 Å². The Hall–Kier alpha value is -7.30. The molecule has 0 radical (unpaired) electrons. The van der Waals surface area contributed by atoms with Crippen LogP contribution in [-0.2, 0) is 0 Å². The Labute approximate surface area is 318 Å². The summed E-state index contributed by atoms with van der Waals surface area (Å²) in [7, 11) is 0. The van der Waals surface area contributed by atoms with E-state index in [1.54, 1.807) is 0 Å². The first-order valence-corrected chi connectivity index (χ1v) is 18.5. The number of nitrogens with zero attached hydrogens (tertiary/aromatic N) is 4. The van der Waals surface area contributed by atoms with Crippen molar-refractivity contribution in [2.75, 3.05) is 0 Å². The van der Waals surface area contributed by atoms with Crippen LogP contribution in [0.1, 0.15) is 12.5 Å². The molecule has 55 heavy (non-hydrogen) atoms. The minimum absolute atomic E-state index is 0.583. The van der Waals surface area contributed by atoms with Gasteiger partial charge in [0.2, 0.25) is 0 Å². The zero-order valence-corrected chi connectivity index (χ0v) is 30.2. The molecule has 1 heterocycles. The van der Waals surface area contributed by atoms with Crippen LogP contribution >= 0.6 is 0 Å². The summed E-state index contributed by atoms with van der Waals surface area (Å²) in [5, 5.41) is 12.0. The third-order valence-electron chi connectivity index (χ3n) is 10.6. The summed E-state index contributed by atoms with van der Waals surface area (Å²) in [4.78, 5) is 19.8. The van der Waals surface area contributed by atoms with E-state index in [1.165, 1.54) is 43.4 Å². The molecule has 1 aromatic heterocycles. The van der Waals surface area contributed by atoms with Gasteiger partial charge < -0.3 is 0 Å². The summed E-state index contributed by atoms with van der Waals surface area (Å²) in [6, 6.07) is 57.9. The lowest BCUT2D eigenvalue weighted by atomic mass is 9.91. The molecular weight excluding hydrogens is 669 g/mol. The quantitative estimate of drug-likeness (QED) is 0.128.